The van der Waals surface area contributed by atoms with E-state index >= 15 is 0 Å². The first kappa shape index (κ1) is 20.6. The Morgan fingerprint density at radius 1 is 1.26 bits per heavy atom. The fourth-order valence-electron chi connectivity index (χ4n) is 2.67. The summed E-state index contributed by atoms with van der Waals surface area (Å²) < 4.78 is 33.7. The van der Waals surface area contributed by atoms with E-state index in [0.717, 1.165) is 17.7 Å². The standard InChI is InChI=1S/C18H22F2N2O5/c1-3-4-11-26-14(23)9-10-22-15(24)18(2,21-17(22)25)12-5-7-13(8-6-12)27-16(19)20/h5-8,16H,3-4,9-11H2,1-2H3,(H,21,25)/t18-/m1/s1. The average molecular weight is 384 g/mol. The van der Waals surface area contributed by atoms with Crippen LogP contribution in [0.4, 0.5) is 13.6 Å². The van der Waals surface area contributed by atoms with Crippen LogP contribution in [0.15, 0.2) is 24.3 Å². The van der Waals surface area contributed by atoms with Crippen molar-refractivity contribution in [1.82, 2.24) is 10.2 Å². The Kier molecular flexibility index (Phi) is 6.70. The van der Waals surface area contributed by atoms with Gasteiger partial charge in [0, 0.05) is 6.54 Å². The van der Waals surface area contributed by atoms with Gasteiger partial charge in [0.25, 0.3) is 5.91 Å². The molecular formula is C18H22F2N2O5. The summed E-state index contributed by atoms with van der Waals surface area (Å²) in [6.45, 7) is 0.730. The number of imide groups is 1. The van der Waals surface area contributed by atoms with Crippen molar-refractivity contribution in [2.45, 2.75) is 45.3 Å². The van der Waals surface area contributed by atoms with Gasteiger partial charge in [0.2, 0.25) is 0 Å². The summed E-state index contributed by atoms with van der Waals surface area (Å²) in [6, 6.07) is 4.81. The molecule has 9 heteroatoms. The molecule has 1 aromatic carbocycles. The van der Waals surface area contributed by atoms with Crippen LogP contribution in [0.25, 0.3) is 0 Å². The smallest absolute Gasteiger partial charge is 0.387 e. The zero-order valence-electron chi connectivity index (χ0n) is 15.2. The van der Waals surface area contributed by atoms with Crippen LogP contribution in [-0.4, -0.2) is 42.6 Å². The van der Waals surface area contributed by atoms with Gasteiger partial charge in [-0.05, 0) is 31.0 Å². The summed E-state index contributed by atoms with van der Waals surface area (Å²) in [6.07, 6.45) is 1.54. The number of carbonyl (C=O) groups excluding carboxylic acids is 3. The van der Waals surface area contributed by atoms with Crippen molar-refractivity contribution in [2.75, 3.05) is 13.2 Å². The Morgan fingerprint density at radius 2 is 1.93 bits per heavy atom. The molecule has 148 valence electrons. The number of hydrogen-bond donors (Lipinski definition) is 1. The van der Waals surface area contributed by atoms with Gasteiger partial charge in [-0.3, -0.25) is 14.5 Å². The Balaban J connectivity index is 2.02. The van der Waals surface area contributed by atoms with Gasteiger partial charge in [-0.15, -0.1) is 0 Å². The van der Waals surface area contributed by atoms with E-state index in [-0.39, 0.29) is 18.7 Å². The molecule has 2 rings (SSSR count). The van der Waals surface area contributed by atoms with Gasteiger partial charge in [-0.1, -0.05) is 25.5 Å². The van der Waals surface area contributed by atoms with E-state index in [1.165, 1.54) is 31.2 Å². The molecular weight excluding hydrogens is 362 g/mol. The molecule has 1 N–H and O–H groups in total. The first-order valence-electron chi connectivity index (χ1n) is 8.63. The van der Waals surface area contributed by atoms with Crippen molar-refractivity contribution in [3.8, 4) is 5.75 Å². The number of halogens is 2. The minimum Gasteiger partial charge on any atom is -0.466 e. The summed E-state index contributed by atoms with van der Waals surface area (Å²) in [4.78, 5) is 37.5. The normalized spacial score (nSPS) is 19.4. The number of urea groups is 1. The summed E-state index contributed by atoms with van der Waals surface area (Å²) in [5.74, 6) is -1.07. The lowest BCUT2D eigenvalue weighted by Crippen LogP contribution is -2.41. The third-order valence-corrected chi connectivity index (χ3v) is 4.23. The van der Waals surface area contributed by atoms with Crippen LogP contribution >= 0.6 is 0 Å². The number of ether oxygens (including phenoxy) is 2. The first-order valence-corrected chi connectivity index (χ1v) is 8.63. The Labute approximate surface area is 155 Å². The lowest BCUT2D eigenvalue weighted by atomic mass is 9.92. The van der Waals surface area contributed by atoms with Crippen LogP contribution < -0.4 is 10.1 Å². The van der Waals surface area contributed by atoms with Gasteiger partial charge in [0.05, 0.1) is 13.0 Å². The van der Waals surface area contributed by atoms with Gasteiger partial charge in [-0.25, -0.2) is 4.79 Å². The van der Waals surface area contributed by atoms with Crippen LogP contribution in [-0.2, 0) is 19.9 Å². The lowest BCUT2D eigenvalue weighted by Gasteiger charge is -2.22. The zero-order chi connectivity index (χ0) is 20.0. The van der Waals surface area contributed by atoms with Gasteiger partial charge < -0.3 is 14.8 Å². The summed E-state index contributed by atoms with van der Waals surface area (Å²) in [7, 11) is 0. The number of benzene rings is 1. The van der Waals surface area contributed by atoms with Crippen LogP contribution in [0.1, 0.15) is 38.7 Å². The van der Waals surface area contributed by atoms with Crippen molar-refractivity contribution >= 4 is 17.9 Å². The molecule has 1 atom stereocenters. The third kappa shape index (κ3) is 4.93. The zero-order valence-corrected chi connectivity index (χ0v) is 15.2. The number of esters is 1. The van der Waals surface area contributed by atoms with Crippen molar-refractivity contribution in [3.05, 3.63) is 29.8 Å². The fourth-order valence-corrected chi connectivity index (χ4v) is 2.67. The van der Waals surface area contributed by atoms with Gasteiger partial charge in [0.1, 0.15) is 11.3 Å². The largest absolute Gasteiger partial charge is 0.466 e. The number of nitrogens with zero attached hydrogens (tertiary/aromatic N) is 1. The third-order valence-electron chi connectivity index (χ3n) is 4.23. The molecule has 0 radical (unpaired) electrons. The monoisotopic (exact) mass is 384 g/mol. The van der Waals surface area contributed by atoms with E-state index in [9.17, 15) is 23.2 Å². The maximum atomic E-state index is 12.7. The molecule has 1 aliphatic heterocycles. The summed E-state index contributed by atoms with van der Waals surface area (Å²) in [5.41, 5.74) is -0.942. The number of amides is 3. The van der Waals surface area contributed by atoms with E-state index < -0.39 is 30.1 Å². The maximum absolute atomic E-state index is 12.7. The number of rotatable bonds is 9. The molecule has 27 heavy (non-hydrogen) atoms. The second-order valence-electron chi connectivity index (χ2n) is 6.24. The SMILES string of the molecule is CCCCOC(=O)CCN1C(=O)N[C@](C)(c2ccc(OC(F)F)cc2)C1=O. The quantitative estimate of drug-likeness (QED) is 0.402. The second kappa shape index (κ2) is 8.79. The topological polar surface area (TPSA) is 84.9 Å². The average Bonchev–Trinajstić information content (AvgIpc) is 2.83. The Hall–Kier alpha value is -2.71. The number of carbonyl (C=O) groups is 3. The molecule has 0 aliphatic carbocycles. The first-order chi connectivity index (χ1) is 12.8. The van der Waals surface area contributed by atoms with E-state index in [0.29, 0.717) is 12.2 Å². The maximum Gasteiger partial charge on any atom is 0.387 e. The fraction of sp³-hybridized carbons (Fsp3) is 0.500. The molecule has 0 bridgehead atoms. The van der Waals surface area contributed by atoms with Crippen molar-refractivity contribution in [1.29, 1.82) is 0 Å². The number of unbranched alkanes of at least 4 members (excludes halogenated alkanes) is 1. The number of nitrogens with one attached hydrogen (secondary N) is 1. The van der Waals surface area contributed by atoms with E-state index in [1.54, 1.807) is 0 Å². The predicted octanol–water partition coefficient (Wildman–Crippen LogP) is 2.79. The highest BCUT2D eigenvalue weighted by atomic mass is 19.3. The van der Waals surface area contributed by atoms with Crippen molar-refractivity contribution in [2.24, 2.45) is 0 Å². The van der Waals surface area contributed by atoms with Gasteiger partial charge in [-0.2, -0.15) is 8.78 Å². The highest BCUT2D eigenvalue weighted by Gasteiger charge is 2.48. The Bertz CT molecular complexity index is 695. The molecule has 0 spiro atoms. The van der Waals surface area contributed by atoms with E-state index in [2.05, 4.69) is 10.1 Å². The minimum absolute atomic E-state index is 0.0548. The minimum atomic E-state index is -2.95. The van der Waals surface area contributed by atoms with Crippen LogP contribution in [0.2, 0.25) is 0 Å². The lowest BCUT2D eigenvalue weighted by molar-refractivity contribution is -0.144. The molecule has 1 aromatic rings. The van der Waals surface area contributed by atoms with Crippen molar-refractivity contribution in [3.63, 3.8) is 0 Å². The molecule has 1 heterocycles. The molecule has 7 nitrogen and oxygen atoms in total. The van der Waals surface area contributed by atoms with Crippen LogP contribution in [0, 0.1) is 0 Å². The molecule has 1 fully saturated rings. The Morgan fingerprint density at radius 3 is 2.52 bits per heavy atom. The van der Waals surface area contributed by atoms with E-state index in [1.807, 2.05) is 6.92 Å². The van der Waals surface area contributed by atoms with Crippen molar-refractivity contribution < 1.29 is 32.6 Å². The summed E-state index contributed by atoms with van der Waals surface area (Å²) in [5, 5.41) is 2.58. The number of alkyl halides is 2. The highest BCUT2D eigenvalue weighted by molar-refractivity contribution is 6.07. The molecule has 0 unspecified atom stereocenters. The molecule has 0 aromatic heterocycles. The molecule has 0 saturated carbocycles. The van der Waals surface area contributed by atoms with Gasteiger partial charge in [0.15, 0.2) is 0 Å². The van der Waals surface area contributed by atoms with E-state index in [4.69, 9.17) is 4.74 Å². The molecule has 1 aliphatic rings. The van der Waals surface area contributed by atoms with Crippen LogP contribution in [0.3, 0.4) is 0 Å². The molecule has 3 amide bonds. The highest BCUT2D eigenvalue weighted by Crippen LogP contribution is 2.30. The number of hydrogen-bond acceptors (Lipinski definition) is 5. The van der Waals surface area contributed by atoms with Crippen LogP contribution in [0.5, 0.6) is 5.75 Å². The second-order valence-corrected chi connectivity index (χ2v) is 6.24. The summed E-state index contributed by atoms with van der Waals surface area (Å²) >= 11 is 0. The predicted molar refractivity (Wildman–Crippen MR) is 91.2 cm³/mol. The molecule has 1 saturated heterocycles. The van der Waals surface area contributed by atoms with Gasteiger partial charge >= 0.3 is 18.6 Å².